The molecule has 0 unspecified atom stereocenters. The van der Waals surface area contributed by atoms with Gasteiger partial charge in [-0.05, 0) is 71.0 Å². The minimum absolute atomic E-state index is 0.460. The van der Waals surface area contributed by atoms with Crippen LogP contribution in [0.5, 0.6) is 11.5 Å². The van der Waals surface area contributed by atoms with Gasteiger partial charge < -0.3 is 14.8 Å². The van der Waals surface area contributed by atoms with Crippen molar-refractivity contribution in [1.82, 2.24) is 0 Å². The number of halogens is 2. The minimum Gasteiger partial charge on any atom is -0.493 e. The quantitative estimate of drug-likeness (QED) is 0.410. The number of aryl methyl sites for hydroxylation is 1. The number of rotatable bonds is 7. The number of hydrogen-bond donors (Lipinski definition) is 1. The average molecular weight is 488 g/mol. The van der Waals surface area contributed by atoms with E-state index in [9.17, 15) is 0 Å². The second-order valence-electron chi connectivity index (χ2n) is 5.02. The molecule has 0 saturated carbocycles. The number of benzene rings is 2. The topological polar surface area (TPSA) is 30.5 Å². The van der Waals surface area contributed by atoms with Crippen molar-refractivity contribution in [2.24, 2.45) is 0 Å². The third-order valence-electron chi connectivity index (χ3n) is 3.31. The summed E-state index contributed by atoms with van der Waals surface area (Å²) in [5.74, 6) is 1.50. The number of ether oxygens (including phenoxy) is 2. The summed E-state index contributed by atoms with van der Waals surface area (Å²) in [7, 11) is 1.66. The zero-order chi connectivity index (χ0) is 16.8. The highest BCUT2D eigenvalue weighted by Gasteiger charge is 2.11. The lowest BCUT2D eigenvalue weighted by molar-refractivity contribution is 0.324. The van der Waals surface area contributed by atoms with Crippen molar-refractivity contribution >= 4 is 44.2 Å². The van der Waals surface area contributed by atoms with Crippen LogP contribution in [0.15, 0.2) is 47.5 Å². The predicted octanol–water partition coefficient (Wildman–Crippen LogP) is 5.55. The van der Waals surface area contributed by atoms with Gasteiger partial charge in [0.15, 0.2) is 11.5 Å². The number of hydrogen-bond acceptors (Lipinski definition) is 3. The van der Waals surface area contributed by atoms with E-state index in [-0.39, 0.29) is 0 Å². The molecule has 0 aliphatic carbocycles. The molecular formula is C18H19BrINO2. The number of nitrogens with one attached hydrogen (secondary N) is 1. The van der Waals surface area contributed by atoms with E-state index in [1.807, 2.05) is 12.1 Å². The van der Waals surface area contributed by atoms with Gasteiger partial charge >= 0.3 is 0 Å². The van der Waals surface area contributed by atoms with Gasteiger partial charge in [0.1, 0.15) is 6.61 Å². The van der Waals surface area contributed by atoms with E-state index in [1.54, 1.807) is 13.2 Å². The molecule has 3 nitrogen and oxygen atoms in total. The molecule has 0 spiro atoms. The summed E-state index contributed by atoms with van der Waals surface area (Å²) in [4.78, 5) is 0. The summed E-state index contributed by atoms with van der Waals surface area (Å²) >= 11 is 5.75. The first kappa shape index (κ1) is 18.1. The Hall–Kier alpha value is -1.21. The zero-order valence-electron chi connectivity index (χ0n) is 13.2. The van der Waals surface area contributed by atoms with Crippen LogP contribution < -0.4 is 14.8 Å². The summed E-state index contributed by atoms with van der Waals surface area (Å²) < 4.78 is 13.2. The number of methoxy groups -OCH3 is 1. The van der Waals surface area contributed by atoms with E-state index < -0.39 is 0 Å². The molecule has 2 aromatic rings. The Bertz CT molecular complexity index is 704. The average Bonchev–Trinajstić information content (AvgIpc) is 2.52. The molecule has 0 saturated heterocycles. The van der Waals surface area contributed by atoms with Gasteiger partial charge in [-0.15, -0.1) is 0 Å². The van der Waals surface area contributed by atoms with Crippen LogP contribution in [0.25, 0.3) is 0 Å². The molecule has 5 heteroatoms. The van der Waals surface area contributed by atoms with Crippen LogP contribution in [-0.4, -0.2) is 13.7 Å². The van der Waals surface area contributed by atoms with Crippen molar-refractivity contribution in [1.29, 1.82) is 0 Å². The monoisotopic (exact) mass is 487 g/mol. The molecule has 0 amide bonds. The van der Waals surface area contributed by atoms with E-state index in [4.69, 9.17) is 9.47 Å². The maximum atomic E-state index is 5.68. The Morgan fingerprint density at radius 3 is 2.74 bits per heavy atom. The van der Waals surface area contributed by atoms with Gasteiger partial charge in [0.05, 0.1) is 10.7 Å². The molecule has 0 radical (unpaired) electrons. The van der Waals surface area contributed by atoms with E-state index in [1.165, 1.54) is 5.56 Å². The van der Waals surface area contributed by atoms with E-state index in [2.05, 4.69) is 75.5 Å². The fraction of sp³-hybridized carbons (Fsp3) is 0.222. The summed E-state index contributed by atoms with van der Waals surface area (Å²) in [6.45, 7) is 6.94. The molecule has 0 aliphatic heterocycles. The second kappa shape index (κ2) is 8.59. The van der Waals surface area contributed by atoms with Gasteiger partial charge in [-0.1, -0.05) is 28.6 Å². The second-order valence-corrected chi connectivity index (χ2v) is 7.10. The molecule has 0 atom stereocenters. The Labute approximate surface area is 159 Å². The first-order chi connectivity index (χ1) is 11.0. The van der Waals surface area contributed by atoms with Crippen LogP contribution in [0.1, 0.15) is 11.1 Å². The van der Waals surface area contributed by atoms with Crippen LogP contribution in [-0.2, 0) is 6.54 Å². The molecule has 0 aromatic heterocycles. The van der Waals surface area contributed by atoms with Crippen molar-refractivity contribution < 1.29 is 9.47 Å². The minimum atomic E-state index is 0.460. The maximum Gasteiger partial charge on any atom is 0.174 e. The fourth-order valence-electron chi connectivity index (χ4n) is 2.18. The lowest BCUT2D eigenvalue weighted by Gasteiger charge is -2.15. The molecule has 0 fully saturated rings. The SMILES string of the molecule is C=CCOc1c(I)cc(CNc2ccc(Br)cc2C)cc1OC. The Balaban J connectivity index is 2.16. The third kappa shape index (κ3) is 4.88. The molecule has 0 bridgehead atoms. The standard InChI is InChI=1S/C18H19BrINO2/c1-4-7-23-18-15(20)9-13(10-17(18)22-3)11-21-16-6-5-14(19)8-12(16)2/h4-6,8-10,21H,1,7,11H2,2-3H3. The largest absolute Gasteiger partial charge is 0.493 e. The highest BCUT2D eigenvalue weighted by Crippen LogP contribution is 2.34. The molecule has 0 heterocycles. The predicted molar refractivity (Wildman–Crippen MR) is 108 cm³/mol. The highest BCUT2D eigenvalue weighted by atomic mass is 127. The van der Waals surface area contributed by atoms with Gasteiger partial charge in [0.25, 0.3) is 0 Å². The summed E-state index contributed by atoms with van der Waals surface area (Å²) in [5.41, 5.74) is 3.46. The van der Waals surface area contributed by atoms with Crippen LogP contribution >= 0.6 is 38.5 Å². The summed E-state index contributed by atoms with van der Waals surface area (Å²) in [5, 5.41) is 3.46. The number of anilines is 1. The molecule has 0 aliphatic rings. The Morgan fingerprint density at radius 2 is 2.09 bits per heavy atom. The van der Waals surface area contributed by atoms with Crippen molar-refractivity contribution in [2.45, 2.75) is 13.5 Å². The molecule has 1 N–H and O–H groups in total. The van der Waals surface area contributed by atoms with Crippen molar-refractivity contribution in [3.63, 3.8) is 0 Å². The van der Waals surface area contributed by atoms with Gasteiger partial charge in [-0.25, -0.2) is 0 Å². The van der Waals surface area contributed by atoms with Gasteiger partial charge in [-0.3, -0.25) is 0 Å². The Morgan fingerprint density at radius 1 is 1.30 bits per heavy atom. The summed E-state index contributed by atoms with van der Waals surface area (Å²) in [6.07, 6.45) is 1.72. The third-order valence-corrected chi connectivity index (χ3v) is 4.60. The molecule has 2 aromatic carbocycles. The maximum absolute atomic E-state index is 5.68. The zero-order valence-corrected chi connectivity index (χ0v) is 16.9. The summed E-state index contributed by atoms with van der Waals surface area (Å²) in [6, 6.07) is 10.3. The van der Waals surface area contributed by atoms with Gasteiger partial charge in [0.2, 0.25) is 0 Å². The normalized spacial score (nSPS) is 10.3. The molecule has 2 rings (SSSR count). The smallest absolute Gasteiger partial charge is 0.174 e. The molecule has 122 valence electrons. The lowest BCUT2D eigenvalue weighted by atomic mass is 10.1. The van der Waals surface area contributed by atoms with Crippen LogP contribution in [0, 0.1) is 10.5 Å². The lowest BCUT2D eigenvalue weighted by Crippen LogP contribution is -2.04. The molecule has 23 heavy (non-hydrogen) atoms. The van der Waals surface area contributed by atoms with Crippen molar-refractivity contribution in [3.05, 3.63) is 62.2 Å². The van der Waals surface area contributed by atoms with Crippen LogP contribution in [0.2, 0.25) is 0 Å². The fourth-order valence-corrected chi connectivity index (χ4v) is 3.48. The van der Waals surface area contributed by atoms with Gasteiger partial charge in [-0.2, -0.15) is 0 Å². The first-order valence-corrected chi connectivity index (χ1v) is 9.02. The van der Waals surface area contributed by atoms with Crippen LogP contribution in [0.3, 0.4) is 0 Å². The van der Waals surface area contributed by atoms with Crippen molar-refractivity contribution in [3.8, 4) is 11.5 Å². The Kier molecular flexibility index (Phi) is 6.77. The van der Waals surface area contributed by atoms with E-state index >= 15 is 0 Å². The van der Waals surface area contributed by atoms with E-state index in [0.717, 1.165) is 37.3 Å². The van der Waals surface area contributed by atoms with E-state index in [0.29, 0.717) is 6.61 Å². The molecular weight excluding hydrogens is 469 g/mol. The van der Waals surface area contributed by atoms with Crippen molar-refractivity contribution in [2.75, 3.05) is 19.0 Å². The van der Waals surface area contributed by atoms with Gasteiger partial charge in [0, 0.05) is 16.7 Å². The first-order valence-electron chi connectivity index (χ1n) is 7.15. The van der Waals surface area contributed by atoms with Crippen LogP contribution in [0.4, 0.5) is 5.69 Å². The highest BCUT2D eigenvalue weighted by molar-refractivity contribution is 14.1.